The largest absolute Gasteiger partial charge is 0.434 e. The Bertz CT molecular complexity index is 377. The van der Waals surface area contributed by atoms with E-state index in [1.165, 1.54) is 13.2 Å². The number of ether oxygens (including phenoxy) is 2. The van der Waals surface area contributed by atoms with Crippen molar-refractivity contribution < 1.29 is 23.4 Å². The molecule has 0 aliphatic rings. The normalized spacial score (nSPS) is 14.4. The molecule has 1 rings (SSSR count). The maximum Gasteiger partial charge on any atom is 0.387 e. The lowest BCUT2D eigenvalue weighted by Crippen LogP contribution is -2.38. The van der Waals surface area contributed by atoms with Gasteiger partial charge in [0.05, 0.1) is 19.3 Å². The van der Waals surface area contributed by atoms with Crippen LogP contribution in [0.1, 0.15) is 18.5 Å². The molecular formula is C13H19F2NO3. The van der Waals surface area contributed by atoms with Gasteiger partial charge in [0.1, 0.15) is 5.75 Å². The number of hydrogen-bond acceptors (Lipinski definition) is 4. The van der Waals surface area contributed by atoms with E-state index in [1.54, 1.807) is 18.2 Å². The number of halogens is 2. The van der Waals surface area contributed by atoms with Crippen molar-refractivity contribution in [3.8, 4) is 5.75 Å². The number of alkyl halides is 2. The zero-order valence-electron chi connectivity index (χ0n) is 11.0. The molecule has 0 saturated carbocycles. The first kappa shape index (κ1) is 15.8. The van der Waals surface area contributed by atoms with Crippen molar-refractivity contribution in [3.63, 3.8) is 0 Å². The van der Waals surface area contributed by atoms with Crippen molar-refractivity contribution in [1.29, 1.82) is 0 Å². The number of para-hydroxylation sites is 1. The first-order chi connectivity index (χ1) is 9.08. The van der Waals surface area contributed by atoms with E-state index < -0.39 is 6.61 Å². The highest BCUT2D eigenvalue weighted by Gasteiger charge is 2.17. The van der Waals surface area contributed by atoms with Crippen LogP contribution in [0.5, 0.6) is 5.75 Å². The zero-order chi connectivity index (χ0) is 14.3. The van der Waals surface area contributed by atoms with Gasteiger partial charge in [0.15, 0.2) is 0 Å². The molecule has 0 bridgehead atoms. The number of nitrogens with one attached hydrogen (secondary N) is 1. The molecule has 2 N–H and O–H groups in total. The minimum atomic E-state index is -2.86. The molecule has 2 unspecified atom stereocenters. The van der Waals surface area contributed by atoms with Gasteiger partial charge in [-0.1, -0.05) is 18.2 Å². The lowest BCUT2D eigenvalue weighted by molar-refractivity contribution is -0.0507. The van der Waals surface area contributed by atoms with Gasteiger partial charge in [-0.15, -0.1) is 0 Å². The summed E-state index contributed by atoms with van der Waals surface area (Å²) in [6.07, 6.45) is 0. The van der Waals surface area contributed by atoms with Crippen LogP contribution in [-0.2, 0) is 4.74 Å². The van der Waals surface area contributed by atoms with Gasteiger partial charge in [-0.05, 0) is 13.0 Å². The second kappa shape index (κ2) is 8.04. The van der Waals surface area contributed by atoms with Crippen molar-refractivity contribution in [2.75, 3.05) is 20.3 Å². The van der Waals surface area contributed by atoms with Crippen LogP contribution in [0.25, 0.3) is 0 Å². The van der Waals surface area contributed by atoms with E-state index in [4.69, 9.17) is 4.74 Å². The van der Waals surface area contributed by atoms with E-state index in [0.717, 1.165) is 0 Å². The quantitative estimate of drug-likeness (QED) is 0.761. The van der Waals surface area contributed by atoms with E-state index in [-0.39, 0.29) is 24.4 Å². The van der Waals surface area contributed by atoms with Crippen LogP contribution < -0.4 is 10.1 Å². The molecule has 19 heavy (non-hydrogen) atoms. The van der Waals surface area contributed by atoms with Gasteiger partial charge < -0.3 is 19.9 Å². The fourth-order valence-electron chi connectivity index (χ4n) is 1.84. The lowest BCUT2D eigenvalue weighted by atomic mass is 10.1. The van der Waals surface area contributed by atoms with E-state index in [9.17, 15) is 13.9 Å². The number of rotatable bonds is 8. The molecule has 6 heteroatoms. The maximum absolute atomic E-state index is 12.3. The summed E-state index contributed by atoms with van der Waals surface area (Å²) in [4.78, 5) is 0. The first-order valence-electron chi connectivity index (χ1n) is 5.98. The summed E-state index contributed by atoms with van der Waals surface area (Å²) >= 11 is 0. The summed E-state index contributed by atoms with van der Waals surface area (Å²) in [7, 11) is 1.53. The second-order valence-electron chi connectivity index (χ2n) is 4.14. The second-order valence-corrected chi connectivity index (χ2v) is 4.14. The fraction of sp³-hybridized carbons (Fsp3) is 0.538. The van der Waals surface area contributed by atoms with Crippen molar-refractivity contribution in [3.05, 3.63) is 29.8 Å². The van der Waals surface area contributed by atoms with Crippen LogP contribution in [-0.4, -0.2) is 38.1 Å². The summed E-state index contributed by atoms with van der Waals surface area (Å²) in [5.41, 5.74) is 0.609. The fourth-order valence-corrected chi connectivity index (χ4v) is 1.84. The third kappa shape index (κ3) is 5.10. The highest BCUT2D eigenvalue weighted by atomic mass is 19.3. The predicted molar refractivity (Wildman–Crippen MR) is 67.4 cm³/mol. The summed E-state index contributed by atoms with van der Waals surface area (Å²) in [6, 6.07) is 6.06. The minimum Gasteiger partial charge on any atom is -0.434 e. The smallest absolute Gasteiger partial charge is 0.387 e. The van der Waals surface area contributed by atoms with Crippen molar-refractivity contribution >= 4 is 0 Å². The molecule has 0 spiro atoms. The molecule has 0 heterocycles. The molecule has 0 fully saturated rings. The van der Waals surface area contributed by atoms with Gasteiger partial charge in [0.2, 0.25) is 0 Å². The van der Waals surface area contributed by atoms with E-state index in [0.29, 0.717) is 12.2 Å². The number of methoxy groups -OCH3 is 1. The van der Waals surface area contributed by atoms with Gasteiger partial charge in [-0.25, -0.2) is 0 Å². The molecule has 0 aliphatic carbocycles. The Labute approximate surface area is 111 Å². The first-order valence-corrected chi connectivity index (χ1v) is 5.98. The van der Waals surface area contributed by atoms with Gasteiger partial charge in [0.25, 0.3) is 0 Å². The average Bonchev–Trinajstić information content (AvgIpc) is 2.38. The van der Waals surface area contributed by atoms with Crippen LogP contribution in [0, 0.1) is 0 Å². The summed E-state index contributed by atoms with van der Waals surface area (Å²) in [5.74, 6) is 0.131. The van der Waals surface area contributed by atoms with Crippen LogP contribution in [0.15, 0.2) is 24.3 Å². The molecule has 0 aromatic heterocycles. The maximum atomic E-state index is 12.3. The van der Waals surface area contributed by atoms with Crippen LogP contribution in [0.3, 0.4) is 0 Å². The standard InChI is InChI=1S/C13H19F2NO3/c1-9(16-10(7-17)8-18-2)11-5-3-4-6-12(11)19-13(14)15/h3-6,9-10,13,16-17H,7-8H2,1-2H3. The van der Waals surface area contributed by atoms with E-state index >= 15 is 0 Å². The number of aliphatic hydroxyl groups is 1. The van der Waals surface area contributed by atoms with Crippen LogP contribution >= 0.6 is 0 Å². The third-order valence-corrected chi connectivity index (χ3v) is 2.68. The van der Waals surface area contributed by atoms with Gasteiger partial charge >= 0.3 is 6.61 Å². The summed E-state index contributed by atoms with van der Waals surface area (Å²) in [6.45, 7) is -0.818. The Kier molecular flexibility index (Phi) is 6.69. The molecule has 1 aromatic rings. The van der Waals surface area contributed by atoms with Crippen molar-refractivity contribution in [1.82, 2.24) is 5.32 Å². The molecule has 2 atom stereocenters. The number of hydrogen-bond donors (Lipinski definition) is 2. The zero-order valence-corrected chi connectivity index (χ0v) is 11.0. The van der Waals surface area contributed by atoms with Crippen LogP contribution in [0.2, 0.25) is 0 Å². The van der Waals surface area contributed by atoms with Gasteiger partial charge in [0, 0.05) is 18.7 Å². The van der Waals surface area contributed by atoms with Crippen molar-refractivity contribution in [2.45, 2.75) is 25.6 Å². The Morgan fingerprint density at radius 3 is 2.58 bits per heavy atom. The summed E-state index contributed by atoms with van der Waals surface area (Å²) in [5, 5.41) is 12.3. The lowest BCUT2D eigenvalue weighted by Gasteiger charge is -2.23. The number of benzene rings is 1. The minimum absolute atomic E-state index is 0.101. The third-order valence-electron chi connectivity index (χ3n) is 2.68. The number of aliphatic hydroxyl groups excluding tert-OH is 1. The predicted octanol–water partition coefficient (Wildman–Crippen LogP) is 1.95. The molecular weight excluding hydrogens is 256 g/mol. The summed E-state index contributed by atoms with van der Waals surface area (Å²) < 4.78 is 34.0. The molecule has 1 aromatic carbocycles. The SMILES string of the molecule is COCC(CO)NC(C)c1ccccc1OC(F)F. The average molecular weight is 275 g/mol. The Hall–Kier alpha value is -1.24. The van der Waals surface area contributed by atoms with E-state index in [2.05, 4.69) is 10.1 Å². The highest BCUT2D eigenvalue weighted by Crippen LogP contribution is 2.26. The molecule has 0 amide bonds. The van der Waals surface area contributed by atoms with Gasteiger partial charge in [-0.3, -0.25) is 0 Å². The Morgan fingerprint density at radius 1 is 1.32 bits per heavy atom. The topological polar surface area (TPSA) is 50.7 Å². The Morgan fingerprint density at radius 2 is 2.00 bits per heavy atom. The molecule has 0 aliphatic heterocycles. The van der Waals surface area contributed by atoms with Gasteiger partial charge in [-0.2, -0.15) is 8.78 Å². The highest BCUT2D eigenvalue weighted by molar-refractivity contribution is 5.35. The molecule has 108 valence electrons. The Balaban J connectivity index is 2.77. The van der Waals surface area contributed by atoms with Crippen LogP contribution in [0.4, 0.5) is 8.78 Å². The van der Waals surface area contributed by atoms with E-state index in [1.807, 2.05) is 6.92 Å². The van der Waals surface area contributed by atoms with Crippen molar-refractivity contribution in [2.24, 2.45) is 0 Å². The molecule has 4 nitrogen and oxygen atoms in total. The monoisotopic (exact) mass is 275 g/mol. The molecule has 0 saturated heterocycles. The molecule has 0 radical (unpaired) electrons.